The Labute approximate surface area is 99.7 Å². The fourth-order valence-corrected chi connectivity index (χ4v) is 2.58. The third-order valence-electron chi connectivity index (χ3n) is 3.80. The van der Waals surface area contributed by atoms with E-state index in [0.29, 0.717) is 0 Å². The van der Waals surface area contributed by atoms with Crippen LogP contribution in [0.3, 0.4) is 0 Å². The Hall–Kier alpha value is -1.39. The highest BCUT2D eigenvalue weighted by Gasteiger charge is 2.48. The van der Waals surface area contributed by atoms with Crippen molar-refractivity contribution in [1.29, 1.82) is 0 Å². The third-order valence-corrected chi connectivity index (χ3v) is 3.80. The lowest BCUT2D eigenvalue weighted by atomic mass is 9.90. The van der Waals surface area contributed by atoms with Crippen LogP contribution >= 0.6 is 0 Å². The van der Waals surface area contributed by atoms with Gasteiger partial charge in [-0.15, -0.1) is 0 Å². The minimum absolute atomic E-state index is 0.0163. The Morgan fingerprint density at radius 2 is 2.35 bits per heavy atom. The highest BCUT2D eigenvalue weighted by Crippen LogP contribution is 2.54. The second-order valence-electron chi connectivity index (χ2n) is 4.82. The van der Waals surface area contributed by atoms with Crippen molar-refractivity contribution in [2.75, 3.05) is 13.7 Å². The van der Waals surface area contributed by atoms with Gasteiger partial charge in [0.15, 0.2) is 12.0 Å². The molecule has 1 unspecified atom stereocenters. The van der Waals surface area contributed by atoms with Gasteiger partial charge in [-0.25, -0.2) is 4.98 Å². The number of rotatable bonds is 4. The minimum Gasteiger partial charge on any atom is -0.443 e. The molecule has 1 aromatic carbocycles. The summed E-state index contributed by atoms with van der Waals surface area (Å²) in [6, 6.07) is 6.22. The van der Waals surface area contributed by atoms with Crippen LogP contribution in [-0.4, -0.2) is 23.7 Å². The largest absolute Gasteiger partial charge is 0.443 e. The van der Waals surface area contributed by atoms with Gasteiger partial charge in [0.2, 0.25) is 0 Å². The molecule has 0 saturated heterocycles. The van der Waals surface area contributed by atoms with Gasteiger partial charge >= 0.3 is 0 Å². The molecule has 1 heterocycles. The van der Waals surface area contributed by atoms with E-state index >= 15 is 0 Å². The molecule has 0 spiro atoms. The van der Waals surface area contributed by atoms with E-state index in [1.165, 1.54) is 6.39 Å². The standard InChI is InChI=1S/C13H16N2O2/c1-14-12(13(7-16)4-5-13)9-2-3-10-11(6-9)17-8-15-10/h2-3,6,8,12,14,16H,4-5,7H2,1H3. The Morgan fingerprint density at radius 1 is 1.53 bits per heavy atom. The van der Waals surface area contributed by atoms with E-state index in [9.17, 15) is 5.11 Å². The van der Waals surface area contributed by atoms with E-state index in [1.807, 2.05) is 19.2 Å². The summed E-state index contributed by atoms with van der Waals surface area (Å²) in [4.78, 5) is 4.11. The number of oxazole rings is 1. The van der Waals surface area contributed by atoms with Crippen LogP contribution in [0.15, 0.2) is 29.0 Å². The van der Waals surface area contributed by atoms with Gasteiger partial charge in [-0.05, 0) is 37.6 Å². The molecule has 1 atom stereocenters. The number of nitrogens with zero attached hydrogens (tertiary/aromatic N) is 1. The Bertz CT molecular complexity index is 531. The molecular formula is C13H16N2O2. The summed E-state index contributed by atoms with van der Waals surface area (Å²) in [5.41, 5.74) is 2.85. The van der Waals surface area contributed by atoms with Crippen LogP contribution < -0.4 is 5.32 Å². The number of aliphatic hydroxyl groups is 1. The number of benzene rings is 1. The molecular weight excluding hydrogens is 216 g/mol. The first-order valence-corrected chi connectivity index (χ1v) is 5.90. The summed E-state index contributed by atoms with van der Waals surface area (Å²) >= 11 is 0. The van der Waals surface area contributed by atoms with Crippen LogP contribution in [0.4, 0.5) is 0 Å². The molecule has 3 rings (SSSR count). The fraction of sp³-hybridized carbons (Fsp3) is 0.462. The zero-order valence-electron chi connectivity index (χ0n) is 9.81. The van der Waals surface area contributed by atoms with E-state index in [2.05, 4.69) is 16.4 Å². The number of hydrogen-bond acceptors (Lipinski definition) is 4. The number of aromatic nitrogens is 1. The fourth-order valence-electron chi connectivity index (χ4n) is 2.58. The van der Waals surface area contributed by atoms with Crippen molar-refractivity contribution < 1.29 is 9.52 Å². The first-order chi connectivity index (χ1) is 8.29. The molecule has 1 aliphatic carbocycles. The molecule has 0 radical (unpaired) electrons. The molecule has 0 bridgehead atoms. The maximum absolute atomic E-state index is 9.52. The lowest BCUT2D eigenvalue weighted by molar-refractivity contribution is 0.175. The number of nitrogens with one attached hydrogen (secondary N) is 1. The van der Waals surface area contributed by atoms with E-state index < -0.39 is 0 Å². The minimum atomic E-state index is 0.0163. The molecule has 0 amide bonds. The van der Waals surface area contributed by atoms with Gasteiger partial charge in [0.05, 0.1) is 6.61 Å². The molecule has 0 aliphatic heterocycles. The Kier molecular flexibility index (Phi) is 2.42. The highest BCUT2D eigenvalue weighted by molar-refractivity contribution is 5.73. The SMILES string of the molecule is CNC(c1ccc2ncoc2c1)C1(CO)CC1. The lowest BCUT2D eigenvalue weighted by Crippen LogP contribution is -2.29. The van der Waals surface area contributed by atoms with Crippen molar-refractivity contribution in [3.63, 3.8) is 0 Å². The van der Waals surface area contributed by atoms with Crippen molar-refractivity contribution >= 4 is 11.1 Å². The van der Waals surface area contributed by atoms with Gasteiger partial charge in [-0.1, -0.05) is 6.07 Å². The van der Waals surface area contributed by atoms with E-state index in [-0.39, 0.29) is 18.1 Å². The quantitative estimate of drug-likeness (QED) is 0.844. The second-order valence-corrected chi connectivity index (χ2v) is 4.82. The van der Waals surface area contributed by atoms with Gasteiger partial charge in [-0.2, -0.15) is 0 Å². The summed E-state index contributed by atoms with van der Waals surface area (Å²) < 4.78 is 5.32. The summed E-state index contributed by atoms with van der Waals surface area (Å²) in [5, 5.41) is 12.8. The summed E-state index contributed by atoms with van der Waals surface area (Å²) in [7, 11) is 1.94. The monoisotopic (exact) mass is 232 g/mol. The predicted octanol–water partition coefficient (Wildman–Crippen LogP) is 1.86. The average molecular weight is 232 g/mol. The van der Waals surface area contributed by atoms with Crippen molar-refractivity contribution in [2.24, 2.45) is 5.41 Å². The van der Waals surface area contributed by atoms with Gasteiger partial charge in [0.25, 0.3) is 0 Å². The molecule has 1 aliphatic rings. The van der Waals surface area contributed by atoms with Crippen molar-refractivity contribution in [3.8, 4) is 0 Å². The van der Waals surface area contributed by atoms with Gasteiger partial charge in [-0.3, -0.25) is 0 Å². The first kappa shape index (κ1) is 10.7. The van der Waals surface area contributed by atoms with Crippen LogP contribution in [0.5, 0.6) is 0 Å². The van der Waals surface area contributed by atoms with Crippen molar-refractivity contribution in [3.05, 3.63) is 30.2 Å². The second kappa shape index (κ2) is 3.82. The zero-order chi connectivity index (χ0) is 11.9. The first-order valence-electron chi connectivity index (χ1n) is 5.90. The van der Waals surface area contributed by atoms with Crippen molar-refractivity contribution in [2.45, 2.75) is 18.9 Å². The molecule has 4 heteroatoms. The number of hydrogen-bond donors (Lipinski definition) is 2. The summed E-state index contributed by atoms with van der Waals surface area (Å²) in [6.45, 7) is 0.229. The lowest BCUT2D eigenvalue weighted by Gasteiger charge is -2.25. The van der Waals surface area contributed by atoms with Crippen LogP contribution in [0.25, 0.3) is 11.1 Å². The highest BCUT2D eigenvalue weighted by atomic mass is 16.3. The topological polar surface area (TPSA) is 58.3 Å². The van der Waals surface area contributed by atoms with Crippen molar-refractivity contribution in [1.82, 2.24) is 10.3 Å². The van der Waals surface area contributed by atoms with Gasteiger partial charge in [0.1, 0.15) is 5.52 Å². The van der Waals surface area contributed by atoms with E-state index in [0.717, 1.165) is 29.5 Å². The number of aliphatic hydroxyl groups excluding tert-OH is 1. The van der Waals surface area contributed by atoms with Gasteiger partial charge < -0.3 is 14.8 Å². The predicted molar refractivity (Wildman–Crippen MR) is 64.6 cm³/mol. The number of fused-ring (bicyclic) bond motifs is 1. The molecule has 2 aromatic rings. The molecule has 17 heavy (non-hydrogen) atoms. The molecule has 4 nitrogen and oxygen atoms in total. The molecule has 1 saturated carbocycles. The molecule has 1 aromatic heterocycles. The normalized spacial score (nSPS) is 19.4. The van der Waals surface area contributed by atoms with Crippen LogP contribution in [0, 0.1) is 5.41 Å². The molecule has 1 fully saturated rings. The third kappa shape index (κ3) is 1.64. The smallest absolute Gasteiger partial charge is 0.181 e. The van der Waals surface area contributed by atoms with Gasteiger partial charge in [0, 0.05) is 11.5 Å². The average Bonchev–Trinajstić information content (AvgIpc) is 3.00. The maximum atomic E-state index is 9.52. The summed E-state index contributed by atoms with van der Waals surface area (Å²) in [5.74, 6) is 0. The molecule has 2 N–H and O–H groups in total. The van der Waals surface area contributed by atoms with Crippen LogP contribution in [0.2, 0.25) is 0 Å². The van der Waals surface area contributed by atoms with Crippen LogP contribution in [-0.2, 0) is 0 Å². The molecule has 90 valence electrons. The zero-order valence-corrected chi connectivity index (χ0v) is 9.81. The van der Waals surface area contributed by atoms with E-state index in [1.54, 1.807) is 0 Å². The van der Waals surface area contributed by atoms with E-state index in [4.69, 9.17) is 4.42 Å². The Morgan fingerprint density at radius 3 is 3.00 bits per heavy atom. The summed E-state index contributed by atoms with van der Waals surface area (Å²) in [6.07, 6.45) is 3.61. The Balaban J connectivity index is 2.00. The van der Waals surface area contributed by atoms with Crippen LogP contribution in [0.1, 0.15) is 24.4 Å². The maximum Gasteiger partial charge on any atom is 0.181 e.